The zero-order valence-corrected chi connectivity index (χ0v) is 13.0. The van der Waals surface area contributed by atoms with Gasteiger partial charge in [-0.3, -0.25) is 10.1 Å². The molecule has 0 radical (unpaired) electrons. The Kier molecular flexibility index (Phi) is 6.14. The van der Waals surface area contributed by atoms with Gasteiger partial charge in [-0.1, -0.05) is 12.1 Å². The van der Waals surface area contributed by atoms with Crippen molar-refractivity contribution in [2.75, 3.05) is 13.1 Å². The Morgan fingerprint density at radius 3 is 2.40 bits per heavy atom. The van der Waals surface area contributed by atoms with E-state index in [-0.39, 0.29) is 23.8 Å². The molecule has 2 unspecified atom stereocenters. The number of likely N-dealkylation sites (N-methyl/N-ethyl adjacent to an activating group) is 1. The first-order chi connectivity index (χ1) is 9.40. The number of rotatable bonds is 6. The quantitative estimate of drug-likeness (QED) is 0.868. The number of aryl methyl sites for hydroxylation is 1. The summed E-state index contributed by atoms with van der Waals surface area (Å²) in [7, 11) is 0. The number of carbonyl (C=O) groups is 1. The van der Waals surface area contributed by atoms with Gasteiger partial charge in [-0.25, -0.2) is 4.39 Å². The average Bonchev–Trinajstić information content (AvgIpc) is 2.42. The second kappa shape index (κ2) is 7.39. The van der Waals surface area contributed by atoms with Crippen molar-refractivity contribution in [3.63, 3.8) is 0 Å². The number of halogens is 1. The van der Waals surface area contributed by atoms with Crippen molar-refractivity contribution in [1.82, 2.24) is 10.2 Å². The fourth-order valence-corrected chi connectivity index (χ4v) is 2.23. The van der Waals surface area contributed by atoms with Crippen molar-refractivity contribution in [3.05, 3.63) is 35.1 Å². The van der Waals surface area contributed by atoms with Gasteiger partial charge in [0.15, 0.2) is 0 Å². The predicted octanol–water partition coefficient (Wildman–Crippen LogP) is 3.04. The minimum atomic E-state index is -0.283. The molecule has 2 atom stereocenters. The van der Waals surface area contributed by atoms with Crippen molar-refractivity contribution in [2.45, 2.75) is 46.7 Å². The van der Waals surface area contributed by atoms with Crippen molar-refractivity contribution in [2.24, 2.45) is 0 Å². The van der Waals surface area contributed by atoms with Gasteiger partial charge in [0.05, 0.1) is 6.04 Å². The van der Waals surface area contributed by atoms with Gasteiger partial charge in [-0.2, -0.15) is 0 Å². The van der Waals surface area contributed by atoms with Crippen LogP contribution in [0.4, 0.5) is 4.39 Å². The highest BCUT2D eigenvalue weighted by Crippen LogP contribution is 2.17. The van der Waals surface area contributed by atoms with Crippen molar-refractivity contribution in [1.29, 1.82) is 0 Å². The molecule has 0 aromatic heterocycles. The Labute approximate surface area is 121 Å². The van der Waals surface area contributed by atoms with Crippen LogP contribution in [-0.4, -0.2) is 29.9 Å². The maximum absolute atomic E-state index is 13.6. The van der Waals surface area contributed by atoms with Crippen LogP contribution in [0.15, 0.2) is 18.2 Å². The van der Waals surface area contributed by atoms with Crippen LogP contribution in [0, 0.1) is 12.7 Å². The smallest absolute Gasteiger partial charge is 0.239 e. The van der Waals surface area contributed by atoms with E-state index in [1.165, 1.54) is 6.07 Å². The Hall–Kier alpha value is -1.42. The molecule has 0 spiro atoms. The molecule has 1 amide bonds. The fraction of sp³-hybridized carbons (Fsp3) is 0.562. The van der Waals surface area contributed by atoms with E-state index in [0.717, 1.165) is 5.56 Å². The van der Waals surface area contributed by atoms with Gasteiger partial charge >= 0.3 is 0 Å². The van der Waals surface area contributed by atoms with Gasteiger partial charge in [0.25, 0.3) is 0 Å². The van der Waals surface area contributed by atoms with Gasteiger partial charge < -0.3 is 4.90 Å². The molecule has 0 bridgehead atoms. The van der Waals surface area contributed by atoms with Crippen molar-refractivity contribution in [3.8, 4) is 0 Å². The zero-order valence-electron chi connectivity index (χ0n) is 13.0. The summed E-state index contributed by atoms with van der Waals surface area (Å²) >= 11 is 0. The highest BCUT2D eigenvalue weighted by Gasteiger charge is 2.20. The summed E-state index contributed by atoms with van der Waals surface area (Å²) in [4.78, 5) is 14.0. The van der Waals surface area contributed by atoms with Gasteiger partial charge in [-0.05, 0) is 51.8 Å². The van der Waals surface area contributed by atoms with E-state index in [4.69, 9.17) is 0 Å². The number of carbonyl (C=O) groups excluding carboxylic acids is 1. The number of hydrogen-bond acceptors (Lipinski definition) is 2. The molecular weight excluding hydrogens is 255 g/mol. The first-order valence-electron chi connectivity index (χ1n) is 7.21. The van der Waals surface area contributed by atoms with E-state index < -0.39 is 0 Å². The first-order valence-corrected chi connectivity index (χ1v) is 7.21. The monoisotopic (exact) mass is 280 g/mol. The second-order valence-electron chi connectivity index (χ2n) is 5.13. The third kappa shape index (κ3) is 4.04. The van der Waals surface area contributed by atoms with Gasteiger partial charge in [0.1, 0.15) is 5.82 Å². The molecule has 0 saturated carbocycles. The standard InChI is InChI=1S/C16H25FN2O/c1-6-19(7-2)16(20)13(5)18-12(4)14-9-8-11(3)15(17)10-14/h8-10,12-13,18H,6-7H2,1-5H3. The summed E-state index contributed by atoms with van der Waals surface area (Å²) in [5.41, 5.74) is 1.49. The summed E-state index contributed by atoms with van der Waals surface area (Å²) < 4.78 is 13.6. The number of nitrogens with zero attached hydrogens (tertiary/aromatic N) is 1. The maximum Gasteiger partial charge on any atom is 0.239 e. The molecule has 0 aliphatic rings. The van der Waals surface area contributed by atoms with Crippen LogP contribution in [-0.2, 0) is 4.79 Å². The van der Waals surface area contributed by atoms with E-state index in [1.807, 2.05) is 33.8 Å². The molecule has 3 nitrogen and oxygen atoms in total. The Bertz CT molecular complexity index is 458. The van der Waals surface area contributed by atoms with Crippen molar-refractivity contribution >= 4 is 5.91 Å². The lowest BCUT2D eigenvalue weighted by molar-refractivity contribution is -0.132. The molecule has 0 aliphatic carbocycles. The van der Waals surface area contributed by atoms with Crippen LogP contribution >= 0.6 is 0 Å². The molecule has 0 heterocycles. The van der Waals surface area contributed by atoms with Crippen molar-refractivity contribution < 1.29 is 9.18 Å². The summed E-state index contributed by atoms with van der Waals surface area (Å²) in [5, 5.41) is 3.23. The van der Waals surface area contributed by atoms with E-state index >= 15 is 0 Å². The summed E-state index contributed by atoms with van der Waals surface area (Å²) in [5.74, 6) is -0.131. The minimum Gasteiger partial charge on any atom is -0.342 e. The molecular formula is C16H25FN2O. The highest BCUT2D eigenvalue weighted by atomic mass is 19.1. The Balaban J connectivity index is 2.71. The van der Waals surface area contributed by atoms with E-state index in [0.29, 0.717) is 18.7 Å². The number of benzene rings is 1. The molecule has 1 N–H and O–H groups in total. The largest absolute Gasteiger partial charge is 0.342 e. The van der Waals surface area contributed by atoms with Crippen LogP contribution in [0.1, 0.15) is 44.9 Å². The third-order valence-electron chi connectivity index (χ3n) is 3.64. The third-order valence-corrected chi connectivity index (χ3v) is 3.64. The number of amides is 1. The van der Waals surface area contributed by atoms with Crippen LogP contribution in [0.3, 0.4) is 0 Å². The molecule has 112 valence electrons. The normalized spacial score (nSPS) is 13.9. The van der Waals surface area contributed by atoms with E-state index in [1.54, 1.807) is 17.9 Å². The fourth-order valence-electron chi connectivity index (χ4n) is 2.23. The Morgan fingerprint density at radius 2 is 1.90 bits per heavy atom. The lowest BCUT2D eigenvalue weighted by Crippen LogP contribution is -2.45. The molecule has 20 heavy (non-hydrogen) atoms. The summed E-state index contributed by atoms with van der Waals surface area (Å²) in [6.07, 6.45) is 0. The lowest BCUT2D eigenvalue weighted by atomic mass is 10.0. The first kappa shape index (κ1) is 16.6. The highest BCUT2D eigenvalue weighted by molar-refractivity contribution is 5.81. The molecule has 1 aromatic carbocycles. The predicted molar refractivity (Wildman–Crippen MR) is 80.1 cm³/mol. The maximum atomic E-state index is 13.6. The van der Waals surface area contributed by atoms with Gasteiger partial charge in [0, 0.05) is 19.1 Å². The molecule has 0 aliphatic heterocycles. The van der Waals surface area contributed by atoms with Crippen LogP contribution in [0.2, 0.25) is 0 Å². The minimum absolute atomic E-state index is 0.0698. The molecule has 4 heteroatoms. The lowest BCUT2D eigenvalue weighted by Gasteiger charge is -2.26. The van der Waals surface area contributed by atoms with E-state index in [2.05, 4.69) is 5.32 Å². The molecule has 1 rings (SSSR count). The number of nitrogens with one attached hydrogen (secondary N) is 1. The second-order valence-corrected chi connectivity index (χ2v) is 5.13. The van der Waals surface area contributed by atoms with Crippen LogP contribution in [0.5, 0.6) is 0 Å². The topological polar surface area (TPSA) is 32.3 Å². The van der Waals surface area contributed by atoms with Crippen LogP contribution in [0.25, 0.3) is 0 Å². The van der Waals surface area contributed by atoms with Gasteiger partial charge in [-0.15, -0.1) is 0 Å². The SMILES string of the molecule is CCN(CC)C(=O)C(C)NC(C)c1ccc(C)c(F)c1. The van der Waals surface area contributed by atoms with Crippen LogP contribution < -0.4 is 5.32 Å². The summed E-state index contributed by atoms with van der Waals surface area (Å²) in [6.45, 7) is 10.9. The van der Waals surface area contributed by atoms with Gasteiger partial charge in [0.2, 0.25) is 5.91 Å². The molecule has 1 aromatic rings. The number of hydrogen-bond donors (Lipinski definition) is 1. The van der Waals surface area contributed by atoms with E-state index in [9.17, 15) is 9.18 Å². The summed E-state index contributed by atoms with van der Waals surface area (Å²) in [6, 6.07) is 4.83. The Morgan fingerprint density at radius 1 is 1.30 bits per heavy atom. The average molecular weight is 280 g/mol. The molecule has 0 saturated heterocycles. The molecule has 0 fully saturated rings. The zero-order chi connectivity index (χ0) is 15.3.